The molecule has 3 nitrogen and oxygen atoms in total. The summed E-state index contributed by atoms with van der Waals surface area (Å²) in [6.07, 6.45) is 5.29. The van der Waals surface area contributed by atoms with E-state index in [-0.39, 0.29) is 0 Å². The van der Waals surface area contributed by atoms with E-state index in [0.717, 1.165) is 12.1 Å². The maximum absolute atomic E-state index is 4.76. The molecule has 102 valence electrons. The molecule has 1 aromatic heterocycles. The lowest BCUT2D eigenvalue weighted by Crippen LogP contribution is -2.21. The molecule has 0 amide bonds. The zero-order valence-corrected chi connectivity index (χ0v) is 11.9. The number of hydrogen-bond acceptors (Lipinski definition) is 2. The molecule has 0 atom stereocenters. The number of hydrogen-bond donors (Lipinski definition) is 2. The minimum absolute atomic E-state index is 0.520. The number of nitrogens with zero attached hydrogens (tertiary/aromatic N) is 1. The van der Waals surface area contributed by atoms with Crippen LogP contribution in [0.5, 0.6) is 0 Å². The summed E-state index contributed by atoms with van der Waals surface area (Å²) in [7, 11) is 0. The van der Waals surface area contributed by atoms with Crippen LogP contribution < -0.4 is 5.32 Å². The largest absolute Gasteiger partial charge is 0.342 e. The van der Waals surface area contributed by atoms with Gasteiger partial charge in [0.1, 0.15) is 5.82 Å². The van der Waals surface area contributed by atoms with E-state index in [1.807, 2.05) is 0 Å². The van der Waals surface area contributed by atoms with Crippen molar-refractivity contribution in [2.45, 2.75) is 58.0 Å². The van der Waals surface area contributed by atoms with E-state index in [1.165, 1.54) is 42.6 Å². The molecule has 0 spiro atoms. The van der Waals surface area contributed by atoms with Crippen molar-refractivity contribution in [3.05, 3.63) is 29.6 Å². The second kappa shape index (κ2) is 5.33. The molecule has 2 aromatic rings. The topological polar surface area (TPSA) is 40.7 Å². The van der Waals surface area contributed by atoms with E-state index in [1.54, 1.807) is 0 Å². The summed E-state index contributed by atoms with van der Waals surface area (Å²) in [4.78, 5) is 8.28. The average Bonchev–Trinajstić information content (AvgIpc) is 3.04. The van der Waals surface area contributed by atoms with Gasteiger partial charge >= 0.3 is 0 Å². The molecule has 3 rings (SSSR count). The summed E-state index contributed by atoms with van der Waals surface area (Å²) >= 11 is 0. The third kappa shape index (κ3) is 2.81. The van der Waals surface area contributed by atoms with Gasteiger partial charge in [0.2, 0.25) is 0 Å². The Balaban J connectivity index is 1.82. The molecular formula is C16H23N3. The average molecular weight is 257 g/mol. The van der Waals surface area contributed by atoms with Gasteiger partial charge in [-0.15, -0.1) is 0 Å². The van der Waals surface area contributed by atoms with E-state index in [2.05, 4.69) is 42.3 Å². The van der Waals surface area contributed by atoms with E-state index in [0.29, 0.717) is 12.0 Å². The predicted molar refractivity (Wildman–Crippen MR) is 79.3 cm³/mol. The first-order valence-electron chi connectivity index (χ1n) is 7.44. The summed E-state index contributed by atoms with van der Waals surface area (Å²) in [6.45, 7) is 5.27. The van der Waals surface area contributed by atoms with Gasteiger partial charge < -0.3 is 10.3 Å². The molecule has 0 radical (unpaired) electrons. The first kappa shape index (κ1) is 12.7. The minimum Gasteiger partial charge on any atom is -0.342 e. The van der Waals surface area contributed by atoms with Crippen LogP contribution in [0.25, 0.3) is 11.0 Å². The van der Waals surface area contributed by atoms with Crippen molar-refractivity contribution in [1.82, 2.24) is 15.3 Å². The first-order valence-corrected chi connectivity index (χ1v) is 7.44. The summed E-state index contributed by atoms with van der Waals surface area (Å²) in [5, 5.41) is 3.45. The maximum atomic E-state index is 4.76. The van der Waals surface area contributed by atoms with Gasteiger partial charge in [0.15, 0.2) is 0 Å². The Morgan fingerprint density at radius 3 is 2.84 bits per heavy atom. The van der Waals surface area contributed by atoms with Crippen LogP contribution in [0, 0.1) is 0 Å². The van der Waals surface area contributed by atoms with Gasteiger partial charge in [-0.05, 0) is 30.5 Å². The predicted octanol–water partition coefficient (Wildman–Crippen LogP) is 3.72. The zero-order valence-electron chi connectivity index (χ0n) is 11.9. The van der Waals surface area contributed by atoms with Crippen LogP contribution in [0.4, 0.5) is 0 Å². The van der Waals surface area contributed by atoms with Crippen LogP contribution in [0.2, 0.25) is 0 Å². The number of aromatic amines is 1. The van der Waals surface area contributed by atoms with Crippen molar-refractivity contribution in [3.8, 4) is 0 Å². The molecule has 0 saturated heterocycles. The molecule has 1 fully saturated rings. The molecule has 1 saturated carbocycles. The molecule has 1 heterocycles. The minimum atomic E-state index is 0.520. The lowest BCUT2D eigenvalue weighted by atomic mass is 10.1. The first-order chi connectivity index (χ1) is 9.22. The molecule has 1 aromatic carbocycles. The zero-order chi connectivity index (χ0) is 13.2. The van der Waals surface area contributed by atoms with E-state index >= 15 is 0 Å². The van der Waals surface area contributed by atoms with Gasteiger partial charge in [0, 0.05) is 18.5 Å². The van der Waals surface area contributed by atoms with Crippen molar-refractivity contribution < 1.29 is 0 Å². The molecule has 0 unspecified atom stereocenters. The fraction of sp³-hybridized carbons (Fsp3) is 0.562. The summed E-state index contributed by atoms with van der Waals surface area (Å²) < 4.78 is 0. The molecular weight excluding hydrogens is 234 g/mol. The Morgan fingerprint density at radius 1 is 1.32 bits per heavy atom. The highest BCUT2D eigenvalue weighted by atomic mass is 14.9. The van der Waals surface area contributed by atoms with Crippen molar-refractivity contribution in [3.63, 3.8) is 0 Å². The number of H-pyrrole nitrogens is 1. The fourth-order valence-electron chi connectivity index (χ4n) is 2.90. The number of aromatic nitrogens is 2. The van der Waals surface area contributed by atoms with Crippen LogP contribution >= 0.6 is 0 Å². The third-order valence-corrected chi connectivity index (χ3v) is 4.02. The van der Waals surface area contributed by atoms with Gasteiger partial charge in [-0.3, -0.25) is 0 Å². The molecule has 1 aliphatic carbocycles. The number of imidazole rings is 1. The smallest absolute Gasteiger partial charge is 0.110 e. The lowest BCUT2D eigenvalue weighted by Gasteiger charge is -2.07. The highest BCUT2D eigenvalue weighted by Gasteiger charge is 2.20. The van der Waals surface area contributed by atoms with Crippen molar-refractivity contribution in [2.75, 3.05) is 0 Å². The highest BCUT2D eigenvalue weighted by molar-refractivity contribution is 5.76. The van der Waals surface area contributed by atoms with E-state index < -0.39 is 0 Å². The second-order valence-corrected chi connectivity index (χ2v) is 5.99. The van der Waals surface area contributed by atoms with Crippen molar-refractivity contribution >= 4 is 11.0 Å². The SMILES string of the molecule is CC(C)NCc1ccc2nc(C3CCCC3)[nH]c2c1. The summed E-state index contributed by atoms with van der Waals surface area (Å²) in [5.74, 6) is 1.85. The highest BCUT2D eigenvalue weighted by Crippen LogP contribution is 2.33. The second-order valence-electron chi connectivity index (χ2n) is 5.99. The van der Waals surface area contributed by atoms with Gasteiger partial charge in [-0.25, -0.2) is 4.98 Å². The number of fused-ring (bicyclic) bond motifs is 1. The van der Waals surface area contributed by atoms with Crippen molar-refractivity contribution in [1.29, 1.82) is 0 Å². The molecule has 1 aliphatic rings. The number of rotatable bonds is 4. The Morgan fingerprint density at radius 2 is 2.11 bits per heavy atom. The normalized spacial score (nSPS) is 16.8. The molecule has 0 bridgehead atoms. The van der Waals surface area contributed by atoms with E-state index in [9.17, 15) is 0 Å². The van der Waals surface area contributed by atoms with Gasteiger partial charge in [-0.2, -0.15) is 0 Å². The maximum Gasteiger partial charge on any atom is 0.110 e. The number of benzene rings is 1. The Hall–Kier alpha value is -1.35. The van der Waals surface area contributed by atoms with Crippen LogP contribution in [0.15, 0.2) is 18.2 Å². The Labute approximate surface area is 114 Å². The fourth-order valence-corrected chi connectivity index (χ4v) is 2.90. The quantitative estimate of drug-likeness (QED) is 0.876. The van der Waals surface area contributed by atoms with E-state index in [4.69, 9.17) is 4.98 Å². The summed E-state index contributed by atoms with van der Waals surface area (Å²) in [6, 6.07) is 7.07. The van der Waals surface area contributed by atoms with Gasteiger partial charge in [0.25, 0.3) is 0 Å². The molecule has 0 aliphatic heterocycles. The van der Waals surface area contributed by atoms with Crippen molar-refractivity contribution in [2.24, 2.45) is 0 Å². The standard InChI is InChI=1S/C16H23N3/c1-11(2)17-10-12-7-8-14-15(9-12)19-16(18-14)13-5-3-4-6-13/h7-9,11,13,17H,3-6,10H2,1-2H3,(H,18,19). The third-order valence-electron chi connectivity index (χ3n) is 4.02. The summed E-state index contributed by atoms with van der Waals surface area (Å²) in [5.41, 5.74) is 3.61. The monoisotopic (exact) mass is 257 g/mol. The van der Waals surface area contributed by atoms with Crippen LogP contribution in [0.3, 0.4) is 0 Å². The molecule has 19 heavy (non-hydrogen) atoms. The molecule has 2 N–H and O–H groups in total. The lowest BCUT2D eigenvalue weighted by molar-refractivity contribution is 0.589. The van der Waals surface area contributed by atoms with Crippen LogP contribution in [-0.4, -0.2) is 16.0 Å². The van der Waals surface area contributed by atoms with Gasteiger partial charge in [0.05, 0.1) is 11.0 Å². The van der Waals surface area contributed by atoms with Crippen LogP contribution in [0.1, 0.15) is 56.8 Å². The van der Waals surface area contributed by atoms with Crippen LogP contribution in [-0.2, 0) is 6.54 Å². The Kier molecular flexibility index (Phi) is 3.56. The number of nitrogens with one attached hydrogen (secondary N) is 2. The molecule has 3 heteroatoms. The van der Waals surface area contributed by atoms with Gasteiger partial charge in [-0.1, -0.05) is 32.8 Å². The Bertz CT molecular complexity index is 550.